The number of nitrogens with one attached hydrogen (secondary N) is 1. The van der Waals surface area contributed by atoms with Gasteiger partial charge in [0.1, 0.15) is 0 Å². The molecule has 0 amide bonds. The topological polar surface area (TPSA) is 109 Å². The van der Waals surface area contributed by atoms with Crippen molar-refractivity contribution in [3.05, 3.63) is 38.8 Å². The van der Waals surface area contributed by atoms with E-state index in [4.69, 9.17) is 0 Å². The molecule has 0 saturated carbocycles. The number of nitrogens with zero attached hydrogens (tertiary/aromatic N) is 2. The molecule has 2 rings (SSSR count). The Hall–Kier alpha value is -2.44. The summed E-state index contributed by atoms with van der Waals surface area (Å²) in [4.78, 5) is 21.0. The van der Waals surface area contributed by atoms with Gasteiger partial charge in [-0.3, -0.25) is 14.9 Å². The van der Waals surface area contributed by atoms with Crippen molar-refractivity contribution in [2.24, 2.45) is 0 Å². The largest absolute Gasteiger partial charge is 0.502 e. The Kier molecular flexibility index (Phi) is 1.86. The fraction of sp³-hybridized carbons (Fsp3) is 0. The number of benzene rings is 1. The zero-order valence-corrected chi connectivity index (χ0v) is 7.30. The summed E-state index contributed by atoms with van der Waals surface area (Å²) < 4.78 is 0. The van der Waals surface area contributed by atoms with E-state index >= 15 is 0 Å². The van der Waals surface area contributed by atoms with Crippen molar-refractivity contribution in [3.63, 3.8) is 0 Å². The first-order valence-electron chi connectivity index (χ1n) is 3.94. The van der Waals surface area contributed by atoms with Crippen LogP contribution < -0.4 is 5.56 Å². The first-order valence-corrected chi connectivity index (χ1v) is 3.94. The zero-order chi connectivity index (χ0) is 11.0. The second-order valence-electron chi connectivity index (χ2n) is 2.88. The van der Waals surface area contributed by atoms with Gasteiger partial charge < -0.3 is 5.11 Å². The van der Waals surface area contributed by atoms with E-state index in [1.54, 1.807) is 0 Å². The van der Waals surface area contributed by atoms with E-state index in [1.807, 2.05) is 0 Å². The fourth-order valence-corrected chi connectivity index (χ4v) is 1.26. The predicted octanol–water partition coefficient (Wildman–Crippen LogP) is 0.537. The van der Waals surface area contributed by atoms with Crippen LogP contribution in [0.5, 0.6) is 5.75 Å². The quantitative estimate of drug-likeness (QED) is 0.523. The van der Waals surface area contributed by atoms with Crippen molar-refractivity contribution in [1.29, 1.82) is 0 Å². The summed E-state index contributed by atoms with van der Waals surface area (Å²) in [5.41, 5.74) is -0.951. The first-order chi connectivity index (χ1) is 7.09. The predicted molar refractivity (Wildman–Crippen MR) is 50.7 cm³/mol. The van der Waals surface area contributed by atoms with Gasteiger partial charge in [0, 0.05) is 17.5 Å². The molecule has 7 heteroatoms. The number of hydrogen-bond acceptors (Lipinski definition) is 5. The third-order valence-electron chi connectivity index (χ3n) is 1.96. The summed E-state index contributed by atoms with van der Waals surface area (Å²) in [5.74, 6) is -0.538. The van der Waals surface area contributed by atoms with Crippen LogP contribution in [0.3, 0.4) is 0 Å². The number of nitro benzene ring substituents is 1. The Morgan fingerprint density at radius 3 is 2.87 bits per heavy atom. The molecule has 0 atom stereocenters. The van der Waals surface area contributed by atoms with E-state index in [1.165, 1.54) is 6.20 Å². The number of aromatic hydroxyl groups is 1. The summed E-state index contributed by atoms with van der Waals surface area (Å²) in [5, 5.41) is 25.9. The maximum atomic E-state index is 11.2. The van der Waals surface area contributed by atoms with Crippen molar-refractivity contribution in [2.45, 2.75) is 0 Å². The van der Waals surface area contributed by atoms with Crippen LogP contribution in [0.2, 0.25) is 0 Å². The summed E-state index contributed by atoms with van der Waals surface area (Å²) >= 11 is 0. The molecular formula is C8H5N3O4. The highest BCUT2D eigenvalue weighted by molar-refractivity contribution is 5.85. The van der Waals surface area contributed by atoms with Gasteiger partial charge >= 0.3 is 5.69 Å². The van der Waals surface area contributed by atoms with Crippen molar-refractivity contribution in [3.8, 4) is 5.75 Å². The normalized spacial score (nSPS) is 10.4. The molecule has 1 heterocycles. The molecule has 0 aliphatic heterocycles. The minimum atomic E-state index is -0.726. The van der Waals surface area contributed by atoms with Gasteiger partial charge in [-0.05, 0) is 0 Å². The van der Waals surface area contributed by atoms with E-state index in [-0.39, 0.29) is 5.39 Å². The lowest BCUT2D eigenvalue weighted by Crippen LogP contribution is -2.07. The molecule has 0 unspecified atom stereocenters. The van der Waals surface area contributed by atoms with Crippen LogP contribution in [0, 0.1) is 10.1 Å². The SMILES string of the molecule is O=c1[nH]ncc2cc([N+](=O)[O-])c(O)cc12. The van der Waals surface area contributed by atoms with Crippen LogP contribution in [0.1, 0.15) is 0 Å². The standard InChI is InChI=1S/C8H5N3O4/c12-7-2-5-4(1-6(7)11(14)15)3-9-10-8(5)13/h1-3,12H,(H,10,13). The molecule has 15 heavy (non-hydrogen) atoms. The molecule has 2 N–H and O–H groups in total. The van der Waals surface area contributed by atoms with Gasteiger partial charge in [0.05, 0.1) is 16.5 Å². The smallest absolute Gasteiger partial charge is 0.311 e. The summed E-state index contributed by atoms with van der Waals surface area (Å²) in [7, 11) is 0. The molecule has 1 aromatic heterocycles. The van der Waals surface area contributed by atoms with Gasteiger partial charge in [-0.2, -0.15) is 5.10 Å². The highest BCUT2D eigenvalue weighted by Crippen LogP contribution is 2.28. The number of phenols is 1. The highest BCUT2D eigenvalue weighted by atomic mass is 16.6. The molecule has 0 bridgehead atoms. The first kappa shape index (κ1) is 9.13. The molecule has 2 aromatic rings. The van der Waals surface area contributed by atoms with Gasteiger partial charge in [-0.1, -0.05) is 0 Å². The molecule has 0 aliphatic rings. The molecule has 0 fully saturated rings. The maximum Gasteiger partial charge on any atom is 0.311 e. The fourth-order valence-electron chi connectivity index (χ4n) is 1.26. The van der Waals surface area contributed by atoms with Crippen LogP contribution in [0.4, 0.5) is 5.69 Å². The average molecular weight is 207 g/mol. The molecule has 76 valence electrons. The van der Waals surface area contributed by atoms with Crippen LogP contribution in [-0.2, 0) is 0 Å². The van der Waals surface area contributed by atoms with Crippen molar-refractivity contribution in [2.75, 3.05) is 0 Å². The van der Waals surface area contributed by atoms with Crippen molar-refractivity contribution in [1.82, 2.24) is 10.2 Å². The molecule has 0 saturated heterocycles. The third kappa shape index (κ3) is 1.39. The summed E-state index contributed by atoms with van der Waals surface area (Å²) in [6, 6.07) is 2.15. The highest BCUT2D eigenvalue weighted by Gasteiger charge is 2.15. The minimum absolute atomic E-state index is 0.160. The number of H-pyrrole nitrogens is 1. The number of phenolic OH excluding ortho intramolecular Hbond substituents is 1. The second kappa shape index (κ2) is 3.05. The van der Waals surface area contributed by atoms with Gasteiger partial charge in [0.2, 0.25) is 0 Å². The lowest BCUT2D eigenvalue weighted by molar-refractivity contribution is -0.385. The summed E-state index contributed by atoms with van der Waals surface area (Å²) in [6.45, 7) is 0. The second-order valence-corrected chi connectivity index (χ2v) is 2.88. The van der Waals surface area contributed by atoms with E-state index in [2.05, 4.69) is 10.2 Å². The number of nitro groups is 1. The maximum absolute atomic E-state index is 11.2. The number of rotatable bonds is 1. The van der Waals surface area contributed by atoms with Gasteiger partial charge in [-0.15, -0.1) is 0 Å². The van der Waals surface area contributed by atoms with Gasteiger partial charge in [-0.25, -0.2) is 5.10 Å². The number of aromatic nitrogens is 2. The Morgan fingerprint density at radius 2 is 2.20 bits per heavy atom. The lowest BCUT2D eigenvalue weighted by Gasteiger charge is -1.98. The molecule has 1 aromatic carbocycles. The van der Waals surface area contributed by atoms with E-state index < -0.39 is 21.9 Å². The van der Waals surface area contributed by atoms with Crippen LogP contribution in [0.15, 0.2) is 23.1 Å². The van der Waals surface area contributed by atoms with Crippen LogP contribution in [0.25, 0.3) is 10.8 Å². The monoisotopic (exact) mass is 207 g/mol. The van der Waals surface area contributed by atoms with E-state index in [0.29, 0.717) is 5.39 Å². The average Bonchev–Trinajstić information content (AvgIpc) is 2.18. The Labute approximate surface area is 82.1 Å². The lowest BCUT2D eigenvalue weighted by atomic mass is 10.1. The van der Waals surface area contributed by atoms with Gasteiger partial charge in [0.25, 0.3) is 5.56 Å². The van der Waals surface area contributed by atoms with E-state index in [9.17, 15) is 20.0 Å². The number of hydrogen-bond donors (Lipinski definition) is 2. The van der Waals surface area contributed by atoms with Crippen molar-refractivity contribution < 1.29 is 10.0 Å². The molecule has 0 aliphatic carbocycles. The van der Waals surface area contributed by atoms with Crippen LogP contribution in [-0.4, -0.2) is 20.2 Å². The van der Waals surface area contributed by atoms with Crippen LogP contribution >= 0.6 is 0 Å². The minimum Gasteiger partial charge on any atom is -0.502 e. The Bertz CT molecular complexity index is 604. The van der Waals surface area contributed by atoms with E-state index in [0.717, 1.165) is 12.1 Å². The Morgan fingerprint density at radius 1 is 1.47 bits per heavy atom. The summed E-state index contributed by atoms with van der Waals surface area (Å²) in [6.07, 6.45) is 1.28. The Balaban J connectivity index is 2.88. The molecular weight excluding hydrogens is 202 g/mol. The zero-order valence-electron chi connectivity index (χ0n) is 7.30. The molecule has 7 nitrogen and oxygen atoms in total. The molecule has 0 radical (unpaired) electrons. The third-order valence-corrected chi connectivity index (χ3v) is 1.96. The van der Waals surface area contributed by atoms with Gasteiger partial charge in [0.15, 0.2) is 5.75 Å². The molecule has 0 spiro atoms. The van der Waals surface area contributed by atoms with Crippen molar-refractivity contribution >= 4 is 16.5 Å². The number of aromatic amines is 1. The number of fused-ring (bicyclic) bond motifs is 1.